The molecule has 0 saturated carbocycles. The number of hydrogen-bond acceptors (Lipinski definition) is 5. The van der Waals surface area contributed by atoms with Crippen molar-refractivity contribution >= 4 is 22.7 Å². The normalized spacial score (nSPS) is 13.9. The van der Waals surface area contributed by atoms with Crippen LogP contribution in [-0.2, 0) is 4.79 Å². The summed E-state index contributed by atoms with van der Waals surface area (Å²) in [6.07, 6.45) is -2.44. The van der Waals surface area contributed by atoms with E-state index in [0.717, 1.165) is 17.8 Å². The van der Waals surface area contributed by atoms with Crippen LogP contribution in [0.15, 0.2) is 18.2 Å². The van der Waals surface area contributed by atoms with E-state index in [9.17, 15) is 24.2 Å². The Morgan fingerprint density at radius 1 is 1.32 bits per heavy atom. The van der Waals surface area contributed by atoms with Crippen molar-refractivity contribution in [2.75, 3.05) is 5.75 Å². The van der Waals surface area contributed by atoms with Crippen LogP contribution in [0.1, 0.15) is 35.9 Å². The Kier molecular flexibility index (Phi) is 5.65. The summed E-state index contributed by atoms with van der Waals surface area (Å²) in [4.78, 5) is 22.0. The number of thioether (sulfide) groups is 1. The minimum absolute atomic E-state index is 0.0310. The molecule has 0 bridgehead atoms. The molecule has 1 aromatic rings. The number of carbonyl (C=O) groups is 2. The molecule has 0 fully saturated rings. The van der Waals surface area contributed by atoms with Crippen molar-refractivity contribution < 1.29 is 24.2 Å². The Bertz CT molecular complexity index is 490. The first-order chi connectivity index (χ1) is 8.82. The van der Waals surface area contributed by atoms with Gasteiger partial charge in [-0.05, 0) is 24.6 Å². The van der Waals surface area contributed by atoms with Crippen molar-refractivity contribution in [1.82, 2.24) is 0 Å². The third-order valence-electron chi connectivity index (χ3n) is 2.53. The number of hydrogen-bond donors (Lipinski definition) is 2. The number of aliphatic hydroxyl groups is 2. The molecule has 0 aromatic heterocycles. The molecule has 6 heteroatoms. The van der Waals surface area contributed by atoms with Gasteiger partial charge in [-0.1, -0.05) is 17.8 Å². The maximum absolute atomic E-state index is 13.3. The fourth-order valence-corrected chi connectivity index (χ4v) is 2.10. The highest BCUT2D eigenvalue weighted by atomic mass is 32.2. The highest BCUT2D eigenvalue weighted by molar-refractivity contribution is 8.13. The molecule has 0 amide bonds. The topological polar surface area (TPSA) is 74.6 Å². The first-order valence-electron chi connectivity index (χ1n) is 5.62. The maximum atomic E-state index is 13.3. The lowest BCUT2D eigenvalue weighted by Gasteiger charge is -2.18. The molecule has 0 aliphatic carbocycles. The lowest BCUT2D eigenvalue weighted by Crippen LogP contribution is -2.21. The van der Waals surface area contributed by atoms with Gasteiger partial charge < -0.3 is 10.2 Å². The standard InChI is InChI=1S/C13H15FO4S/c1-7(15)10-5-9(3-4-11(10)14)13(18)12(17)6-19-8(2)16/h3-5,12-13,17-18H,6H2,1-2H3. The maximum Gasteiger partial charge on any atom is 0.185 e. The van der Waals surface area contributed by atoms with Gasteiger partial charge in [-0.2, -0.15) is 0 Å². The largest absolute Gasteiger partial charge is 0.389 e. The SMILES string of the molecule is CC(=O)SCC(O)C(O)c1ccc(F)c(C(C)=O)c1. The van der Waals surface area contributed by atoms with E-state index in [1.807, 2.05) is 0 Å². The van der Waals surface area contributed by atoms with Crippen LogP contribution in [0.3, 0.4) is 0 Å². The Labute approximate surface area is 114 Å². The number of ketones is 1. The third-order valence-corrected chi connectivity index (χ3v) is 3.45. The molecule has 0 heterocycles. The van der Waals surface area contributed by atoms with E-state index in [0.29, 0.717) is 0 Å². The highest BCUT2D eigenvalue weighted by Gasteiger charge is 2.21. The Morgan fingerprint density at radius 3 is 2.47 bits per heavy atom. The summed E-state index contributed by atoms with van der Waals surface area (Å²) in [6.45, 7) is 2.58. The van der Waals surface area contributed by atoms with Crippen LogP contribution < -0.4 is 0 Å². The summed E-state index contributed by atoms with van der Waals surface area (Å²) in [6, 6.07) is 3.58. The smallest absolute Gasteiger partial charge is 0.185 e. The van der Waals surface area contributed by atoms with Gasteiger partial charge >= 0.3 is 0 Å². The summed E-state index contributed by atoms with van der Waals surface area (Å²) in [5.74, 6) is -1.10. The van der Waals surface area contributed by atoms with Crippen molar-refractivity contribution in [3.05, 3.63) is 35.1 Å². The van der Waals surface area contributed by atoms with E-state index in [1.165, 1.54) is 26.0 Å². The Hall–Kier alpha value is -1.24. The first kappa shape index (κ1) is 15.8. The molecule has 0 radical (unpaired) electrons. The summed E-state index contributed by atoms with van der Waals surface area (Å²) in [5, 5.41) is 19.4. The molecule has 19 heavy (non-hydrogen) atoms. The monoisotopic (exact) mass is 286 g/mol. The Morgan fingerprint density at radius 2 is 1.95 bits per heavy atom. The van der Waals surface area contributed by atoms with E-state index in [1.54, 1.807) is 0 Å². The second-order valence-electron chi connectivity index (χ2n) is 4.11. The number of aliphatic hydroxyl groups excluding tert-OH is 2. The molecule has 0 saturated heterocycles. The number of benzene rings is 1. The van der Waals surface area contributed by atoms with Crippen molar-refractivity contribution in [2.45, 2.75) is 26.1 Å². The minimum Gasteiger partial charge on any atom is -0.389 e. The molecular formula is C13H15FO4S. The van der Waals surface area contributed by atoms with E-state index in [4.69, 9.17) is 0 Å². The van der Waals surface area contributed by atoms with Crippen LogP contribution >= 0.6 is 11.8 Å². The average Bonchev–Trinajstić information content (AvgIpc) is 2.35. The van der Waals surface area contributed by atoms with Crippen LogP contribution in [0, 0.1) is 5.82 Å². The van der Waals surface area contributed by atoms with Crippen LogP contribution in [-0.4, -0.2) is 33.0 Å². The van der Waals surface area contributed by atoms with Gasteiger partial charge in [0, 0.05) is 12.7 Å². The summed E-state index contributed by atoms with van der Waals surface area (Å²) >= 11 is 0.886. The summed E-state index contributed by atoms with van der Waals surface area (Å²) in [7, 11) is 0. The van der Waals surface area contributed by atoms with Crippen LogP contribution in [0.4, 0.5) is 4.39 Å². The van der Waals surface area contributed by atoms with Gasteiger partial charge in [-0.15, -0.1) is 0 Å². The molecule has 4 nitrogen and oxygen atoms in total. The van der Waals surface area contributed by atoms with Gasteiger partial charge in [0.1, 0.15) is 11.9 Å². The second-order valence-corrected chi connectivity index (χ2v) is 5.31. The number of Topliss-reactive ketones (excluding diaryl/α,β-unsaturated/α-hetero) is 1. The lowest BCUT2D eigenvalue weighted by atomic mass is 10.0. The molecule has 1 aromatic carbocycles. The highest BCUT2D eigenvalue weighted by Crippen LogP contribution is 2.22. The van der Waals surface area contributed by atoms with Gasteiger partial charge in [0.2, 0.25) is 0 Å². The predicted octanol–water partition coefficient (Wildman–Crippen LogP) is 1.70. The van der Waals surface area contributed by atoms with Crippen molar-refractivity contribution in [2.24, 2.45) is 0 Å². The first-order valence-corrected chi connectivity index (χ1v) is 6.61. The van der Waals surface area contributed by atoms with Crippen molar-refractivity contribution in [3.8, 4) is 0 Å². The summed E-state index contributed by atoms with van der Waals surface area (Å²) in [5.41, 5.74) is 0.103. The zero-order chi connectivity index (χ0) is 14.6. The molecule has 0 spiro atoms. The van der Waals surface area contributed by atoms with Gasteiger partial charge in [0.25, 0.3) is 0 Å². The van der Waals surface area contributed by atoms with E-state index >= 15 is 0 Å². The van der Waals surface area contributed by atoms with Crippen LogP contribution in [0.25, 0.3) is 0 Å². The number of halogens is 1. The number of rotatable bonds is 5. The van der Waals surface area contributed by atoms with Crippen molar-refractivity contribution in [1.29, 1.82) is 0 Å². The van der Waals surface area contributed by atoms with E-state index < -0.39 is 23.8 Å². The van der Waals surface area contributed by atoms with E-state index in [2.05, 4.69) is 0 Å². The second kappa shape index (κ2) is 6.79. The predicted molar refractivity (Wildman–Crippen MR) is 70.5 cm³/mol. The zero-order valence-corrected chi connectivity index (χ0v) is 11.4. The fourth-order valence-electron chi connectivity index (χ4n) is 1.51. The quantitative estimate of drug-likeness (QED) is 0.806. The van der Waals surface area contributed by atoms with Gasteiger partial charge in [0.05, 0.1) is 11.7 Å². The number of carbonyl (C=O) groups excluding carboxylic acids is 2. The van der Waals surface area contributed by atoms with Crippen LogP contribution in [0.2, 0.25) is 0 Å². The molecule has 2 N–H and O–H groups in total. The minimum atomic E-state index is -1.27. The molecule has 0 aliphatic rings. The van der Waals surface area contributed by atoms with Gasteiger partial charge in [-0.25, -0.2) is 4.39 Å². The Balaban J connectivity index is 2.87. The van der Waals surface area contributed by atoms with Crippen molar-refractivity contribution in [3.63, 3.8) is 0 Å². The molecule has 1 rings (SSSR count). The average molecular weight is 286 g/mol. The van der Waals surface area contributed by atoms with Gasteiger partial charge in [-0.3, -0.25) is 9.59 Å². The third kappa shape index (κ3) is 4.41. The molecule has 0 aliphatic heterocycles. The molecular weight excluding hydrogens is 271 g/mol. The van der Waals surface area contributed by atoms with E-state index in [-0.39, 0.29) is 22.0 Å². The molecule has 2 unspecified atom stereocenters. The summed E-state index contributed by atoms with van der Waals surface area (Å²) < 4.78 is 13.3. The molecule has 2 atom stereocenters. The van der Waals surface area contributed by atoms with Crippen LogP contribution in [0.5, 0.6) is 0 Å². The molecule has 104 valence electrons. The fraction of sp³-hybridized carbons (Fsp3) is 0.385. The van der Waals surface area contributed by atoms with Gasteiger partial charge in [0.15, 0.2) is 10.9 Å². The lowest BCUT2D eigenvalue weighted by molar-refractivity contribution is -0.109. The zero-order valence-electron chi connectivity index (χ0n) is 10.6.